The van der Waals surface area contributed by atoms with Crippen LogP contribution >= 0.6 is 0 Å². The van der Waals surface area contributed by atoms with E-state index >= 15 is 0 Å². The quantitative estimate of drug-likeness (QED) is 0.704. The van der Waals surface area contributed by atoms with Gasteiger partial charge in [0.15, 0.2) is 6.61 Å². The maximum Gasteiger partial charge on any atom is 0.260 e. The van der Waals surface area contributed by atoms with E-state index in [1.165, 1.54) is 0 Å². The van der Waals surface area contributed by atoms with Crippen LogP contribution in [-0.4, -0.2) is 59.3 Å². The summed E-state index contributed by atoms with van der Waals surface area (Å²) < 4.78 is 7.38. The largest absolute Gasteiger partial charge is 0.484 e. The second-order valence-corrected chi connectivity index (χ2v) is 7.19. The average molecular weight is 399 g/mol. The molecule has 1 aromatic heterocycles. The Hall–Kier alpha value is -2.87. The van der Waals surface area contributed by atoms with Crippen molar-refractivity contribution >= 4 is 17.5 Å². The molecular formula is C21H29N5O3. The molecule has 2 atom stereocenters. The number of nitrogens with one attached hydrogen (secondary N) is 2. The smallest absolute Gasteiger partial charge is 0.260 e. The van der Waals surface area contributed by atoms with Gasteiger partial charge in [-0.3, -0.25) is 14.3 Å². The molecule has 8 heteroatoms. The number of aryl methyl sites for hydroxylation is 1. The molecule has 1 saturated heterocycles. The van der Waals surface area contributed by atoms with Gasteiger partial charge < -0.3 is 20.3 Å². The standard InChI is InChI=1S/C21H29N5O3/c1-4-26(5-2)20(27)14-29-17-8-6-7-16(9-17)24-21(28)19-12-22-11-18(19)15-10-23-25(3)13-15/h6-10,13,18-19,22H,4-5,11-12,14H2,1-3H3,(H,24,28)/t18-,19+/m1/s1. The van der Waals surface area contributed by atoms with Crippen LogP contribution in [0.15, 0.2) is 36.7 Å². The second-order valence-electron chi connectivity index (χ2n) is 7.19. The first-order valence-corrected chi connectivity index (χ1v) is 10.0. The van der Waals surface area contributed by atoms with Crippen LogP contribution in [0.2, 0.25) is 0 Å². The maximum absolute atomic E-state index is 12.9. The van der Waals surface area contributed by atoms with Gasteiger partial charge >= 0.3 is 0 Å². The van der Waals surface area contributed by atoms with Crippen molar-refractivity contribution in [3.05, 3.63) is 42.2 Å². The first-order valence-electron chi connectivity index (χ1n) is 10.0. The highest BCUT2D eigenvalue weighted by Crippen LogP contribution is 2.29. The number of hydrogen-bond acceptors (Lipinski definition) is 5. The lowest BCUT2D eigenvalue weighted by atomic mass is 9.90. The lowest BCUT2D eigenvalue weighted by molar-refractivity contribution is -0.133. The molecule has 2 N–H and O–H groups in total. The van der Waals surface area contributed by atoms with E-state index in [0.717, 1.165) is 12.1 Å². The van der Waals surface area contributed by atoms with Gasteiger partial charge in [-0.05, 0) is 31.5 Å². The molecule has 1 aliphatic rings. The van der Waals surface area contributed by atoms with Gasteiger partial charge in [-0.25, -0.2) is 0 Å². The number of aromatic nitrogens is 2. The molecule has 3 rings (SSSR count). The third kappa shape index (κ3) is 5.14. The predicted octanol–water partition coefficient (Wildman–Crippen LogP) is 1.61. The zero-order valence-electron chi connectivity index (χ0n) is 17.2. The number of carbonyl (C=O) groups is 2. The number of benzene rings is 1. The Morgan fingerprint density at radius 3 is 2.79 bits per heavy atom. The Bertz CT molecular complexity index is 846. The van der Waals surface area contributed by atoms with Crippen molar-refractivity contribution in [1.82, 2.24) is 20.0 Å². The monoisotopic (exact) mass is 399 g/mol. The van der Waals surface area contributed by atoms with E-state index in [0.29, 0.717) is 31.1 Å². The minimum absolute atomic E-state index is 0.0191. The minimum atomic E-state index is -0.173. The van der Waals surface area contributed by atoms with E-state index in [1.807, 2.05) is 39.4 Å². The third-order valence-electron chi connectivity index (χ3n) is 5.28. The summed E-state index contributed by atoms with van der Waals surface area (Å²) >= 11 is 0. The van der Waals surface area contributed by atoms with Crippen LogP contribution in [0, 0.1) is 5.92 Å². The van der Waals surface area contributed by atoms with Crippen LogP contribution < -0.4 is 15.4 Å². The summed E-state index contributed by atoms with van der Waals surface area (Å²) in [4.78, 5) is 26.7. The Morgan fingerprint density at radius 2 is 2.10 bits per heavy atom. The van der Waals surface area contributed by atoms with Crippen LogP contribution in [0.25, 0.3) is 0 Å². The van der Waals surface area contributed by atoms with Gasteiger partial charge in [0.05, 0.1) is 12.1 Å². The number of ether oxygens (including phenoxy) is 1. The predicted molar refractivity (Wildman–Crippen MR) is 111 cm³/mol. The van der Waals surface area contributed by atoms with Crippen molar-refractivity contribution in [1.29, 1.82) is 0 Å². The van der Waals surface area contributed by atoms with E-state index in [1.54, 1.807) is 27.8 Å². The summed E-state index contributed by atoms with van der Waals surface area (Å²) in [5.74, 6) is 0.375. The van der Waals surface area contributed by atoms with Gasteiger partial charge in [0.1, 0.15) is 5.75 Å². The highest BCUT2D eigenvalue weighted by atomic mass is 16.5. The van der Waals surface area contributed by atoms with Crippen molar-refractivity contribution < 1.29 is 14.3 Å². The summed E-state index contributed by atoms with van der Waals surface area (Å²) in [6.07, 6.45) is 3.78. The fourth-order valence-electron chi connectivity index (χ4n) is 3.65. The molecule has 1 fully saturated rings. The summed E-state index contributed by atoms with van der Waals surface area (Å²) in [5.41, 5.74) is 1.71. The molecule has 8 nitrogen and oxygen atoms in total. The van der Waals surface area contributed by atoms with Crippen LogP contribution in [0.1, 0.15) is 25.3 Å². The fraction of sp³-hybridized carbons (Fsp3) is 0.476. The van der Waals surface area contributed by atoms with Crippen LogP contribution in [0.3, 0.4) is 0 Å². The topological polar surface area (TPSA) is 88.5 Å². The first-order chi connectivity index (χ1) is 14.0. The van der Waals surface area contributed by atoms with E-state index in [2.05, 4.69) is 15.7 Å². The number of anilines is 1. The van der Waals surface area contributed by atoms with E-state index < -0.39 is 0 Å². The van der Waals surface area contributed by atoms with Crippen molar-refractivity contribution in [2.24, 2.45) is 13.0 Å². The fourth-order valence-corrected chi connectivity index (χ4v) is 3.65. The summed E-state index contributed by atoms with van der Waals surface area (Å²) in [6.45, 7) is 6.54. The lowest BCUT2D eigenvalue weighted by Gasteiger charge is -2.19. The highest BCUT2D eigenvalue weighted by molar-refractivity contribution is 5.93. The summed E-state index contributed by atoms with van der Waals surface area (Å²) in [5, 5.41) is 10.5. The van der Waals surface area contributed by atoms with Crippen molar-refractivity contribution in [3.63, 3.8) is 0 Å². The molecule has 0 bridgehead atoms. The molecule has 0 spiro atoms. The lowest BCUT2D eigenvalue weighted by Crippen LogP contribution is -2.34. The SMILES string of the molecule is CCN(CC)C(=O)COc1cccc(NC(=O)[C@H]2CNC[C@@H]2c2cnn(C)c2)c1. The molecule has 2 aromatic rings. The molecule has 2 amide bonds. The van der Waals surface area contributed by atoms with Gasteiger partial charge in [-0.1, -0.05) is 6.07 Å². The number of rotatable bonds is 8. The van der Waals surface area contributed by atoms with Gasteiger partial charge in [0.25, 0.3) is 5.91 Å². The van der Waals surface area contributed by atoms with E-state index in [-0.39, 0.29) is 30.3 Å². The normalized spacial score (nSPS) is 18.4. The average Bonchev–Trinajstić information content (AvgIpc) is 3.36. The molecule has 0 radical (unpaired) electrons. The van der Waals surface area contributed by atoms with Crippen molar-refractivity contribution in [3.8, 4) is 5.75 Å². The number of likely N-dealkylation sites (N-methyl/N-ethyl adjacent to an activating group) is 1. The molecular weight excluding hydrogens is 370 g/mol. The number of carbonyl (C=O) groups excluding carboxylic acids is 2. The molecule has 29 heavy (non-hydrogen) atoms. The third-order valence-corrected chi connectivity index (χ3v) is 5.28. The summed E-state index contributed by atoms with van der Waals surface area (Å²) in [6, 6.07) is 7.15. The van der Waals surface area contributed by atoms with Crippen LogP contribution in [-0.2, 0) is 16.6 Å². The number of nitrogens with zero attached hydrogens (tertiary/aromatic N) is 3. The Morgan fingerprint density at radius 1 is 1.31 bits per heavy atom. The Labute approximate surface area is 171 Å². The van der Waals surface area contributed by atoms with Crippen LogP contribution in [0.5, 0.6) is 5.75 Å². The molecule has 0 unspecified atom stereocenters. The Kier molecular flexibility index (Phi) is 6.87. The van der Waals surface area contributed by atoms with Gasteiger partial charge in [0.2, 0.25) is 5.91 Å². The maximum atomic E-state index is 12.9. The molecule has 1 aromatic carbocycles. The van der Waals surface area contributed by atoms with E-state index in [9.17, 15) is 9.59 Å². The Balaban J connectivity index is 1.60. The molecule has 1 aliphatic heterocycles. The molecule has 2 heterocycles. The molecule has 0 saturated carbocycles. The molecule has 156 valence electrons. The second kappa shape index (κ2) is 9.56. The van der Waals surface area contributed by atoms with Gasteiger partial charge in [-0.2, -0.15) is 5.10 Å². The zero-order chi connectivity index (χ0) is 20.8. The number of amides is 2. The highest BCUT2D eigenvalue weighted by Gasteiger charge is 2.34. The first kappa shape index (κ1) is 20.9. The van der Waals surface area contributed by atoms with Gasteiger partial charge in [0, 0.05) is 57.1 Å². The van der Waals surface area contributed by atoms with Gasteiger partial charge in [-0.15, -0.1) is 0 Å². The van der Waals surface area contributed by atoms with Crippen molar-refractivity contribution in [2.75, 3.05) is 38.1 Å². The summed E-state index contributed by atoms with van der Waals surface area (Å²) in [7, 11) is 1.87. The van der Waals surface area contributed by atoms with Crippen LogP contribution in [0.4, 0.5) is 5.69 Å². The van der Waals surface area contributed by atoms with Crippen molar-refractivity contribution in [2.45, 2.75) is 19.8 Å². The van der Waals surface area contributed by atoms with E-state index in [4.69, 9.17) is 4.74 Å². The number of hydrogen-bond donors (Lipinski definition) is 2. The minimum Gasteiger partial charge on any atom is -0.484 e. The molecule has 0 aliphatic carbocycles. The zero-order valence-corrected chi connectivity index (χ0v) is 17.2.